The van der Waals surface area contributed by atoms with Crippen molar-refractivity contribution in [2.24, 2.45) is 5.92 Å². The van der Waals surface area contributed by atoms with Gasteiger partial charge in [-0.3, -0.25) is 14.5 Å². The average molecular weight is 388 g/mol. The van der Waals surface area contributed by atoms with Gasteiger partial charge in [0.1, 0.15) is 0 Å². The number of benzene rings is 1. The normalized spacial score (nSPS) is 19.2. The van der Waals surface area contributed by atoms with Crippen molar-refractivity contribution in [2.75, 3.05) is 39.4 Å². The van der Waals surface area contributed by atoms with Crippen molar-refractivity contribution < 1.29 is 14.3 Å². The first kappa shape index (κ1) is 20.8. The Morgan fingerprint density at radius 3 is 2.46 bits per heavy atom. The summed E-state index contributed by atoms with van der Waals surface area (Å²) in [6, 6.07) is 7.96. The highest BCUT2D eigenvalue weighted by molar-refractivity contribution is 5.94. The number of nitrogens with one attached hydrogen (secondary N) is 1. The fourth-order valence-corrected chi connectivity index (χ4v) is 4.01. The van der Waals surface area contributed by atoms with Gasteiger partial charge in [0.15, 0.2) is 0 Å². The Balaban J connectivity index is 1.53. The van der Waals surface area contributed by atoms with E-state index in [1.807, 2.05) is 29.2 Å². The van der Waals surface area contributed by atoms with Crippen LogP contribution in [0.15, 0.2) is 24.3 Å². The summed E-state index contributed by atoms with van der Waals surface area (Å²) in [4.78, 5) is 28.7. The van der Waals surface area contributed by atoms with E-state index in [9.17, 15) is 9.59 Å². The van der Waals surface area contributed by atoms with E-state index >= 15 is 0 Å². The molecule has 2 heterocycles. The first-order valence-corrected chi connectivity index (χ1v) is 10.5. The maximum Gasteiger partial charge on any atom is 0.251 e. The molecule has 2 aliphatic heterocycles. The molecule has 0 aromatic heterocycles. The van der Waals surface area contributed by atoms with E-state index in [0.717, 1.165) is 51.3 Å². The molecule has 2 aliphatic rings. The Labute approximate surface area is 168 Å². The minimum absolute atomic E-state index is 0.0363. The van der Waals surface area contributed by atoms with Gasteiger partial charge in [-0.2, -0.15) is 0 Å². The SMILES string of the molecule is CC(C)CC(CNC(=O)c1ccc(CN2CCCC2=O)cc1)N1CCOCC1. The Morgan fingerprint density at radius 2 is 1.86 bits per heavy atom. The van der Waals surface area contributed by atoms with Crippen LogP contribution in [0.1, 0.15) is 49.0 Å². The Bertz CT molecular complexity index is 653. The number of ether oxygens (including phenoxy) is 1. The minimum Gasteiger partial charge on any atom is -0.379 e. The van der Waals surface area contributed by atoms with Crippen LogP contribution in [0.3, 0.4) is 0 Å². The zero-order chi connectivity index (χ0) is 19.9. The lowest BCUT2D eigenvalue weighted by atomic mass is 10.0. The van der Waals surface area contributed by atoms with Crippen molar-refractivity contribution in [3.8, 4) is 0 Å². The van der Waals surface area contributed by atoms with Gasteiger partial charge in [-0.15, -0.1) is 0 Å². The number of rotatable bonds is 8. The van der Waals surface area contributed by atoms with Crippen molar-refractivity contribution in [3.05, 3.63) is 35.4 Å². The maximum absolute atomic E-state index is 12.6. The van der Waals surface area contributed by atoms with Gasteiger partial charge >= 0.3 is 0 Å². The molecule has 0 spiro atoms. The van der Waals surface area contributed by atoms with Crippen LogP contribution in [-0.2, 0) is 16.1 Å². The van der Waals surface area contributed by atoms with E-state index in [4.69, 9.17) is 4.74 Å². The quantitative estimate of drug-likeness (QED) is 0.743. The third-order valence-electron chi connectivity index (χ3n) is 5.56. The van der Waals surface area contributed by atoms with Crippen LogP contribution in [0.2, 0.25) is 0 Å². The summed E-state index contributed by atoms with van der Waals surface area (Å²) in [5.41, 5.74) is 1.74. The first-order chi connectivity index (χ1) is 13.5. The molecule has 2 amide bonds. The predicted molar refractivity (Wildman–Crippen MR) is 109 cm³/mol. The molecule has 1 aromatic rings. The molecular weight excluding hydrogens is 354 g/mol. The van der Waals surface area contributed by atoms with Crippen LogP contribution in [0.4, 0.5) is 0 Å². The third-order valence-corrected chi connectivity index (χ3v) is 5.56. The number of carbonyl (C=O) groups is 2. The fraction of sp³-hybridized carbons (Fsp3) is 0.636. The number of hydrogen-bond acceptors (Lipinski definition) is 4. The van der Waals surface area contributed by atoms with Crippen LogP contribution in [0, 0.1) is 5.92 Å². The molecule has 1 atom stereocenters. The molecule has 6 heteroatoms. The van der Waals surface area contributed by atoms with Crippen molar-refractivity contribution >= 4 is 11.8 Å². The highest BCUT2D eigenvalue weighted by Crippen LogP contribution is 2.16. The van der Waals surface area contributed by atoms with E-state index in [2.05, 4.69) is 24.1 Å². The monoisotopic (exact) mass is 387 g/mol. The lowest BCUT2D eigenvalue weighted by molar-refractivity contribution is -0.128. The van der Waals surface area contributed by atoms with Gasteiger partial charge in [0.05, 0.1) is 13.2 Å². The van der Waals surface area contributed by atoms with Crippen LogP contribution in [0.5, 0.6) is 0 Å². The zero-order valence-corrected chi connectivity index (χ0v) is 17.2. The number of likely N-dealkylation sites (tertiary alicyclic amines) is 1. The van der Waals surface area contributed by atoms with Crippen molar-refractivity contribution in [1.29, 1.82) is 0 Å². The second kappa shape index (κ2) is 10.0. The van der Waals surface area contributed by atoms with Gasteiger partial charge in [-0.05, 0) is 36.5 Å². The molecule has 0 aliphatic carbocycles. The van der Waals surface area contributed by atoms with Crippen LogP contribution in [-0.4, -0.2) is 67.0 Å². The molecule has 1 aromatic carbocycles. The van der Waals surface area contributed by atoms with E-state index in [1.54, 1.807) is 0 Å². The van der Waals surface area contributed by atoms with Gasteiger partial charge in [0.2, 0.25) is 5.91 Å². The standard InChI is InChI=1S/C22H33N3O3/c1-17(2)14-20(24-10-12-28-13-11-24)15-23-22(27)19-7-5-18(6-8-19)16-25-9-3-4-21(25)26/h5-8,17,20H,3-4,9-16H2,1-2H3,(H,23,27). The van der Waals surface area contributed by atoms with Crippen LogP contribution < -0.4 is 5.32 Å². The third kappa shape index (κ3) is 5.79. The fourth-order valence-electron chi connectivity index (χ4n) is 4.01. The van der Waals surface area contributed by atoms with E-state index in [-0.39, 0.29) is 11.8 Å². The summed E-state index contributed by atoms with van der Waals surface area (Å²) in [7, 11) is 0. The van der Waals surface area contributed by atoms with Gasteiger partial charge < -0.3 is 15.0 Å². The molecule has 2 saturated heterocycles. The predicted octanol–water partition coefficient (Wildman–Crippen LogP) is 2.29. The lowest BCUT2D eigenvalue weighted by Gasteiger charge is -2.35. The van der Waals surface area contributed by atoms with Crippen LogP contribution in [0.25, 0.3) is 0 Å². The molecule has 28 heavy (non-hydrogen) atoms. The number of amides is 2. The molecule has 1 N–H and O–H groups in total. The topological polar surface area (TPSA) is 61.9 Å². The molecule has 0 bridgehead atoms. The Morgan fingerprint density at radius 1 is 1.14 bits per heavy atom. The molecule has 2 fully saturated rings. The van der Waals surface area contributed by atoms with Crippen molar-refractivity contribution in [3.63, 3.8) is 0 Å². The molecular formula is C22H33N3O3. The summed E-state index contributed by atoms with van der Waals surface area (Å²) < 4.78 is 5.46. The molecule has 0 radical (unpaired) electrons. The molecule has 1 unspecified atom stereocenters. The smallest absolute Gasteiger partial charge is 0.251 e. The second-order valence-corrected chi connectivity index (χ2v) is 8.26. The minimum atomic E-state index is -0.0363. The molecule has 6 nitrogen and oxygen atoms in total. The van der Waals surface area contributed by atoms with Gasteiger partial charge in [-0.1, -0.05) is 26.0 Å². The molecule has 3 rings (SSSR count). The second-order valence-electron chi connectivity index (χ2n) is 8.26. The largest absolute Gasteiger partial charge is 0.379 e. The number of nitrogens with zero attached hydrogens (tertiary/aromatic N) is 2. The Kier molecular flexibility index (Phi) is 7.45. The number of carbonyl (C=O) groups excluding carboxylic acids is 2. The highest BCUT2D eigenvalue weighted by Gasteiger charge is 2.23. The van der Waals surface area contributed by atoms with Crippen molar-refractivity contribution in [2.45, 2.75) is 45.7 Å². The summed E-state index contributed by atoms with van der Waals surface area (Å²) in [5.74, 6) is 0.768. The molecule has 0 saturated carbocycles. The Hall–Kier alpha value is -1.92. The van der Waals surface area contributed by atoms with Gasteiger partial charge in [0, 0.05) is 50.7 Å². The summed E-state index contributed by atoms with van der Waals surface area (Å²) >= 11 is 0. The summed E-state index contributed by atoms with van der Waals surface area (Å²) in [6.45, 7) is 9.95. The molecule has 154 valence electrons. The van der Waals surface area contributed by atoms with E-state index in [1.165, 1.54) is 0 Å². The zero-order valence-electron chi connectivity index (χ0n) is 17.2. The lowest BCUT2D eigenvalue weighted by Crippen LogP contribution is -2.49. The van der Waals surface area contributed by atoms with Crippen molar-refractivity contribution in [1.82, 2.24) is 15.1 Å². The van der Waals surface area contributed by atoms with E-state index in [0.29, 0.717) is 37.0 Å². The van der Waals surface area contributed by atoms with Crippen LogP contribution >= 0.6 is 0 Å². The first-order valence-electron chi connectivity index (χ1n) is 10.5. The number of hydrogen-bond donors (Lipinski definition) is 1. The van der Waals surface area contributed by atoms with Gasteiger partial charge in [-0.25, -0.2) is 0 Å². The maximum atomic E-state index is 12.6. The van der Waals surface area contributed by atoms with E-state index < -0.39 is 0 Å². The van der Waals surface area contributed by atoms with Gasteiger partial charge in [0.25, 0.3) is 5.91 Å². The average Bonchev–Trinajstić information content (AvgIpc) is 3.10. The summed E-state index contributed by atoms with van der Waals surface area (Å²) in [6.07, 6.45) is 2.66. The number of morpholine rings is 1. The highest BCUT2D eigenvalue weighted by atomic mass is 16.5. The summed E-state index contributed by atoms with van der Waals surface area (Å²) in [5, 5.41) is 3.12.